The van der Waals surface area contributed by atoms with E-state index < -0.39 is 40.7 Å². The third-order valence-corrected chi connectivity index (χ3v) is 3.71. The van der Waals surface area contributed by atoms with E-state index in [4.69, 9.17) is 4.74 Å². The van der Waals surface area contributed by atoms with Crippen molar-refractivity contribution in [1.29, 1.82) is 0 Å². The van der Waals surface area contributed by atoms with Gasteiger partial charge in [-0.05, 0) is 43.3 Å². The maximum atomic E-state index is 13.6. The van der Waals surface area contributed by atoms with E-state index in [2.05, 4.69) is 15.3 Å². The normalized spacial score (nSPS) is 11.2. The Morgan fingerprint density at radius 3 is 2.21 bits per heavy atom. The number of anilines is 1. The second-order valence-electron chi connectivity index (χ2n) is 5.86. The van der Waals surface area contributed by atoms with Crippen molar-refractivity contribution in [2.24, 2.45) is 0 Å². The molecule has 150 valence electrons. The molecule has 0 saturated carbocycles. The minimum atomic E-state index is -4.65. The molecule has 2 aromatic heterocycles. The Hall–Kier alpha value is -3.56. The zero-order valence-corrected chi connectivity index (χ0v) is 14.7. The van der Waals surface area contributed by atoms with Crippen molar-refractivity contribution >= 4 is 11.6 Å². The van der Waals surface area contributed by atoms with Crippen LogP contribution in [0.1, 0.15) is 21.6 Å². The predicted octanol–water partition coefficient (Wildman–Crippen LogP) is 5.13. The lowest BCUT2D eigenvalue weighted by molar-refractivity contribution is -0.138. The molecule has 5 nitrogen and oxygen atoms in total. The molecular weight excluding hydrogens is 397 g/mol. The Morgan fingerprint density at radius 1 is 1.00 bits per heavy atom. The number of rotatable bonds is 4. The highest BCUT2D eigenvalue weighted by molar-refractivity contribution is 6.04. The highest BCUT2D eigenvalue weighted by Crippen LogP contribution is 2.37. The van der Waals surface area contributed by atoms with Gasteiger partial charge >= 0.3 is 6.18 Å². The number of nitrogens with one attached hydrogen (secondary N) is 1. The van der Waals surface area contributed by atoms with Gasteiger partial charge in [-0.1, -0.05) is 0 Å². The number of carbonyl (C=O) groups excluding carboxylic acids is 1. The standard InChI is InChI=1S/C19H12F5N3O2/c1-10-2-7-13(19(22,23)24)18(26-10)29-12-5-3-11(4-6-12)27-17(28)16-14(20)8-25-9-15(16)21/h2-9H,1H3,(H,27,28). The molecule has 0 radical (unpaired) electrons. The zero-order chi connectivity index (χ0) is 21.2. The molecular formula is C19H12F5N3O2. The van der Waals surface area contributed by atoms with Crippen molar-refractivity contribution in [3.63, 3.8) is 0 Å². The van der Waals surface area contributed by atoms with Crippen LogP contribution in [0, 0.1) is 18.6 Å². The van der Waals surface area contributed by atoms with E-state index in [0.29, 0.717) is 18.1 Å². The van der Waals surface area contributed by atoms with Crippen LogP contribution in [0.2, 0.25) is 0 Å². The number of pyridine rings is 2. The van der Waals surface area contributed by atoms with Gasteiger partial charge in [0.15, 0.2) is 11.6 Å². The number of hydrogen-bond donors (Lipinski definition) is 1. The van der Waals surface area contributed by atoms with Crippen molar-refractivity contribution in [1.82, 2.24) is 9.97 Å². The summed E-state index contributed by atoms with van der Waals surface area (Å²) in [7, 11) is 0. The maximum Gasteiger partial charge on any atom is 0.421 e. The number of ether oxygens (including phenoxy) is 1. The van der Waals surface area contributed by atoms with Crippen molar-refractivity contribution in [2.75, 3.05) is 5.32 Å². The fourth-order valence-electron chi connectivity index (χ4n) is 2.37. The Bertz CT molecular complexity index is 1030. The minimum Gasteiger partial charge on any atom is -0.438 e. The Labute approximate surface area is 161 Å². The number of benzene rings is 1. The van der Waals surface area contributed by atoms with Crippen molar-refractivity contribution in [3.05, 3.63) is 77.2 Å². The van der Waals surface area contributed by atoms with E-state index in [0.717, 1.165) is 6.07 Å². The first-order valence-corrected chi connectivity index (χ1v) is 8.08. The maximum absolute atomic E-state index is 13.6. The van der Waals surface area contributed by atoms with Gasteiger partial charge in [-0.25, -0.2) is 13.8 Å². The van der Waals surface area contributed by atoms with Gasteiger partial charge in [0, 0.05) is 11.4 Å². The van der Waals surface area contributed by atoms with Crippen molar-refractivity contribution in [2.45, 2.75) is 13.1 Å². The number of carbonyl (C=O) groups is 1. The van der Waals surface area contributed by atoms with Crippen LogP contribution < -0.4 is 10.1 Å². The summed E-state index contributed by atoms with van der Waals surface area (Å²) in [5.74, 6) is -3.90. The number of hydrogen-bond acceptors (Lipinski definition) is 4. The molecule has 0 spiro atoms. The first kappa shape index (κ1) is 20.2. The summed E-state index contributed by atoms with van der Waals surface area (Å²) in [4.78, 5) is 19.1. The van der Waals surface area contributed by atoms with Gasteiger partial charge in [0.1, 0.15) is 16.9 Å². The van der Waals surface area contributed by atoms with E-state index in [9.17, 15) is 26.7 Å². The third-order valence-electron chi connectivity index (χ3n) is 3.71. The van der Waals surface area contributed by atoms with Crippen LogP contribution in [0.5, 0.6) is 11.6 Å². The van der Waals surface area contributed by atoms with Gasteiger partial charge in [0.2, 0.25) is 5.88 Å². The molecule has 1 amide bonds. The lowest BCUT2D eigenvalue weighted by Crippen LogP contribution is -2.16. The summed E-state index contributed by atoms with van der Waals surface area (Å²) < 4.78 is 71.7. The van der Waals surface area contributed by atoms with Crippen molar-refractivity contribution in [3.8, 4) is 11.6 Å². The predicted molar refractivity (Wildman–Crippen MR) is 92.6 cm³/mol. The van der Waals surface area contributed by atoms with E-state index >= 15 is 0 Å². The summed E-state index contributed by atoms with van der Waals surface area (Å²) in [6.45, 7) is 1.52. The topological polar surface area (TPSA) is 64.1 Å². The van der Waals surface area contributed by atoms with Gasteiger partial charge in [0.05, 0.1) is 12.4 Å². The lowest BCUT2D eigenvalue weighted by atomic mass is 10.2. The molecule has 3 rings (SSSR count). The number of aromatic nitrogens is 2. The first-order chi connectivity index (χ1) is 13.6. The van der Waals surface area contributed by atoms with E-state index in [1.54, 1.807) is 0 Å². The van der Waals surface area contributed by atoms with Crippen molar-refractivity contribution < 1.29 is 31.5 Å². The summed E-state index contributed by atoms with van der Waals surface area (Å²) in [6, 6.07) is 7.23. The fourth-order valence-corrected chi connectivity index (χ4v) is 2.37. The van der Waals surface area contributed by atoms with Crippen LogP contribution in [0.4, 0.5) is 27.6 Å². The van der Waals surface area contributed by atoms with Crippen LogP contribution in [0.15, 0.2) is 48.8 Å². The molecule has 0 aliphatic rings. The molecule has 0 aliphatic heterocycles. The molecule has 1 aromatic carbocycles. The Balaban J connectivity index is 1.78. The molecule has 0 saturated heterocycles. The molecule has 0 unspecified atom stereocenters. The average molecular weight is 409 g/mol. The largest absolute Gasteiger partial charge is 0.438 e. The van der Waals surface area contributed by atoms with Gasteiger partial charge in [-0.3, -0.25) is 9.78 Å². The number of amides is 1. The van der Waals surface area contributed by atoms with E-state index in [1.807, 2.05) is 0 Å². The van der Waals surface area contributed by atoms with Gasteiger partial charge in [-0.2, -0.15) is 13.2 Å². The molecule has 1 N–H and O–H groups in total. The molecule has 0 atom stereocenters. The van der Waals surface area contributed by atoms with Crippen LogP contribution >= 0.6 is 0 Å². The SMILES string of the molecule is Cc1ccc(C(F)(F)F)c(Oc2ccc(NC(=O)c3c(F)cncc3F)cc2)n1. The lowest BCUT2D eigenvalue weighted by Gasteiger charge is -2.13. The number of halogens is 5. The van der Waals surface area contributed by atoms with E-state index in [-0.39, 0.29) is 11.4 Å². The third kappa shape index (κ3) is 4.65. The number of alkyl halides is 3. The smallest absolute Gasteiger partial charge is 0.421 e. The van der Waals surface area contributed by atoms with E-state index in [1.165, 1.54) is 37.3 Å². The summed E-state index contributed by atoms with van der Waals surface area (Å²) >= 11 is 0. The fraction of sp³-hybridized carbons (Fsp3) is 0.105. The highest BCUT2D eigenvalue weighted by atomic mass is 19.4. The molecule has 0 aliphatic carbocycles. The Morgan fingerprint density at radius 2 is 1.62 bits per heavy atom. The quantitative estimate of drug-likeness (QED) is 0.607. The molecule has 0 fully saturated rings. The van der Waals surface area contributed by atoms with Crippen LogP contribution in [0.25, 0.3) is 0 Å². The summed E-state index contributed by atoms with van der Waals surface area (Å²) in [5, 5.41) is 2.28. The minimum absolute atomic E-state index is 0.0212. The van der Waals surface area contributed by atoms with Gasteiger partial charge < -0.3 is 10.1 Å². The number of aryl methyl sites for hydroxylation is 1. The summed E-state index contributed by atoms with van der Waals surface area (Å²) in [6.07, 6.45) is -3.26. The molecule has 0 bridgehead atoms. The average Bonchev–Trinajstić information content (AvgIpc) is 2.62. The second-order valence-corrected chi connectivity index (χ2v) is 5.86. The first-order valence-electron chi connectivity index (χ1n) is 8.08. The van der Waals surface area contributed by atoms with Gasteiger partial charge in [0.25, 0.3) is 5.91 Å². The summed E-state index contributed by atoms with van der Waals surface area (Å²) in [5.41, 5.74) is -1.37. The van der Waals surface area contributed by atoms with Crippen LogP contribution in [0.3, 0.4) is 0 Å². The monoisotopic (exact) mass is 409 g/mol. The van der Waals surface area contributed by atoms with Crippen LogP contribution in [-0.2, 0) is 6.18 Å². The van der Waals surface area contributed by atoms with Crippen LogP contribution in [-0.4, -0.2) is 15.9 Å². The Kier molecular flexibility index (Phi) is 5.44. The molecule has 2 heterocycles. The van der Waals surface area contributed by atoms with Gasteiger partial charge in [-0.15, -0.1) is 0 Å². The second kappa shape index (κ2) is 7.82. The molecule has 10 heteroatoms. The number of nitrogens with zero attached hydrogens (tertiary/aromatic N) is 2. The zero-order valence-electron chi connectivity index (χ0n) is 14.7. The molecule has 3 aromatic rings. The molecule has 29 heavy (non-hydrogen) atoms. The highest BCUT2D eigenvalue weighted by Gasteiger charge is 2.35.